The SMILES string of the molecule is [C-]#[N+]C(=CC(=O)O)c1ccc(-c2ccc(N(C)C)cc2)s1. The van der Waals surface area contributed by atoms with Crippen LogP contribution in [-0.2, 0) is 4.79 Å². The molecule has 106 valence electrons. The molecule has 1 aromatic carbocycles. The average Bonchev–Trinajstić information content (AvgIpc) is 2.94. The number of hydrogen-bond acceptors (Lipinski definition) is 3. The van der Waals surface area contributed by atoms with Crippen molar-refractivity contribution in [3.8, 4) is 10.4 Å². The van der Waals surface area contributed by atoms with Gasteiger partial charge in [-0.15, -0.1) is 11.3 Å². The first-order chi connectivity index (χ1) is 10.0. The summed E-state index contributed by atoms with van der Waals surface area (Å²) in [6.07, 6.45) is 0.942. The van der Waals surface area contributed by atoms with Crippen molar-refractivity contribution >= 4 is 28.7 Å². The fraction of sp³-hybridized carbons (Fsp3) is 0.125. The van der Waals surface area contributed by atoms with E-state index in [9.17, 15) is 4.79 Å². The highest BCUT2D eigenvalue weighted by Crippen LogP contribution is 2.33. The molecule has 0 amide bonds. The Bertz CT molecular complexity index is 721. The van der Waals surface area contributed by atoms with Gasteiger partial charge >= 0.3 is 5.97 Å². The Hall–Kier alpha value is -2.58. The van der Waals surface area contributed by atoms with Gasteiger partial charge in [0.2, 0.25) is 5.70 Å². The highest BCUT2D eigenvalue weighted by atomic mass is 32.1. The topological polar surface area (TPSA) is 44.9 Å². The van der Waals surface area contributed by atoms with Crippen molar-refractivity contribution < 1.29 is 9.90 Å². The first-order valence-corrected chi connectivity index (χ1v) is 7.03. The van der Waals surface area contributed by atoms with Gasteiger partial charge in [-0.25, -0.2) is 9.64 Å². The number of thiophene rings is 1. The molecule has 2 rings (SSSR count). The molecule has 0 unspecified atom stereocenters. The van der Waals surface area contributed by atoms with Gasteiger partial charge in [0.05, 0.1) is 6.57 Å². The van der Waals surface area contributed by atoms with E-state index in [-0.39, 0.29) is 5.70 Å². The lowest BCUT2D eigenvalue weighted by Gasteiger charge is -2.12. The molecule has 21 heavy (non-hydrogen) atoms. The quantitative estimate of drug-likeness (QED) is 0.689. The van der Waals surface area contributed by atoms with E-state index >= 15 is 0 Å². The number of carboxylic acid groups (broad SMARTS) is 1. The fourth-order valence-electron chi connectivity index (χ4n) is 1.83. The van der Waals surface area contributed by atoms with E-state index in [1.807, 2.05) is 49.3 Å². The van der Waals surface area contributed by atoms with E-state index in [0.29, 0.717) is 4.88 Å². The van der Waals surface area contributed by atoms with E-state index < -0.39 is 5.97 Å². The monoisotopic (exact) mass is 298 g/mol. The summed E-state index contributed by atoms with van der Waals surface area (Å²) in [7, 11) is 3.97. The molecule has 5 heteroatoms. The molecule has 0 bridgehead atoms. The van der Waals surface area contributed by atoms with E-state index in [2.05, 4.69) is 4.85 Å². The fourth-order valence-corrected chi connectivity index (χ4v) is 2.80. The van der Waals surface area contributed by atoms with Crippen LogP contribution in [0.4, 0.5) is 5.69 Å². The van der Waals surface area contributed by atoms with Gasteiger partial charge in [0.15, 0.2) is 0 Å². The summed E-state index contributed by atoms with van der Waals surface area (Å²) >= 11 is 1.42. The van der Waals surface area contributed by atoms with Gasteiger partial charge in [-0.3, -0.25) is 0 Å². The second kappa shape index (κ2) is 6.25. The number of aliphatic carboxylic acids is 1. The third kappa shape index (κ3) is 3.50. The predicted octanol–water partition coefficient (Wildman–Crippen LogP) is 3.83. The molecule has 1 heterocycles. The molecule has 1 N–H and O–H groups in total. The Morgan fingerprint density at radius 1 is 1.24 bits per heavy atom. The highest BCUT2D eigenvalue weighted by molar-refractivity contribution is 7.16. The summed E-state index contributed by atoms with van der Waals surface area (Å²) in [5.74, 6) is -1.11. The minimum atomic E-state index is -1.11. The summed E-state index contributed by atoms with van der Waals surface area (Å²) in [5.41, 5.74) is 2.32. The number of benzene rings is 1. The molecule has 0 saturated heterocycles. The maximum absolute atomic E-state index is 10.7. The summed E-state index contributed by atoms with van der Waals surface area (Å²) in [5, 5.41) is 8.76. The van der Waals surface area contributed by atoms with Crippen molar-refractivity contribution in [2.24, 2.45) is 0 Å². The standard InChI is InChI=1S/C16H14N2O2S/c1-17-13(10-16(19)20)15-9-8-14(21-15)11-4-6-12(7-5-11)18(2)3/h4-10H,2-3H3,(H,19,20). The first kappa shape index (κ1) is 14.8. The van der Waals surface area contributed by atoms with E-state index in [1.54, 1.807) is 6.07 Å². The van der Waals surface area contributed by atoms with Gasteiger partial charge in [-0.2, -0.15) is 0 Å². The van der Waals surface area contributed by atoms with E-state index in [4.69, 9.17) is 11.7 Å². The van der Waals surface area contributed by atoms with Crippen molar-refractivity contribution in [3.05, 3.63) is 58.8 Å². The Balaban J connectivity index is 2.32. The Morgan fingerprint density at radius 2 is 1.90 bits per heavy atom. The molecule has 0 radical (unpaired) electrons. The lowest BCUT2D eigenvalue weighted by molar-refractivity contribution is -0.131. The number of rotatable bonds is 4. The van der Waals surface area contributed by atoms with Crippen LogP contribution in [0, 0.1) is 6.57 Å². The lowest BCUT2D eigenvalue weighted by atomic mass is 10.1. The maximum atomic E-state index is 10.7. The number of carbonyl (C=O) groups is 1. The van der Waals surface area contributed by atoms with Crippen LogP contribution in [0.1, 0.15) is 4.88 Å². The summed E-state index contributed by atoms with van der Waals surface area (Å²) in [4.78, 5) is 17.7. The van der Waals surface area contributed by atoms with Gasteiger partial charge in [0.25, 0.3) is 0 Å². The lowest BCUT2D eigenvalue weighted by Crippen LogP contribution is -2.07. The molecule has 0 saturated carbocycles. The zero-order chi connectivity index (χ0) is 15.4. The normalized spacial score (nSPS) is 11.0. The van der Waals surface area contributed by atoms with Crippen LogP contribution in [0.5, 0.6) is 0 Å². The van der Waals surface area contributed by atoms with Crippen LogP contribution in [-0.4, -0.2) is 25.2 Å². The Morgan fingerprint density at radius 3 is 2.43 bits per heavy atom. The molecule has 4 nitrogen and oxygen atoms in total. The van der Waals surface area contributed by atoms with Crippen molar-refractivity contribution in [1.82, 2.24) is 0 Å². The van der Waals surface area contributed by atoms with Crippen LogP contribution < -0.4 is 4.90 Å². The van der Waals surface area contributed by atoms with Crippen LogP contribution in [0.3, 0.4) is 0 Å². The van der Waals surface area contributed by atoms with Crippen molar-refractivity contribution in [2.75, 3.05) is 19.0 Å². The number of carboxylic acids is 1. The predicted molar refractivity (Wildman–Crippen MR) is 86.3 cm³/mol. The largest absolute Gasteiger partial charge is 0.479 e. The molecular weight excluding hydrogens is 284 g/mol. The Labute approximate surface area is 127 Å². The van der Waals surface area contributed by atoms with Gasteiger partial charge < -0.3 is 10.0 Å². The smallest absolute Gasteiger partial charge is 0.317 e. The van der Waals surface area contributed by atoms with Gasteiger partial charge in [-0.05, 0) is 23.8 Å². The zero-order valence-corrected chi connectivity index (χ0v) is 12.5. The number of nitrogens with zero attached hydrogens (tertiary/aromatic N) is 2. The van der Waals surface area contributed by atoms with Crippen molar-refractivity contribution in [2.45, 2.75) is 0 Å². The van der Waals surface area contributed by atoms with E-state index in [1.165, 1.54) is 11.3 Å². The van der Waals surface area contributed by atoms with Crippen LogP contribution in [0.25, 0.3) is 21.0 Å². The van der Waals surface area contributed by atoms with Gasteiger partial charge in [0, 0.05) is 35.6 Å². The molecule has 0 aliphatic rings. The molecule has 0 spiro atoms. The average molecular weight is 298 g/mol. The molecule has 0 aliphatic carbocycles. The van der Waals surface area contributed by atoms with Crippen LogP contribution >= 0.6 is 11.3 Å². The van der Waals surface area contributed by atoms with E-state index in [0.717, 1.165) is 22.2 Å². The number of anilines is 1. The molecule has 0 atom stereocenters. The third-order valence-electron chi connectivity index (χ3n) is 2.91. The molecular formula is C16H14N2O2S. The third-order valence-corrected chi connectivity index (χ3v) is 4.06. The van der Waals surface area contributed by atoms with Crippen molar-refractivity contribution in [1.29, 1.82) is 0 Å². The zero-order valence-electron chi connectivity index (χ0n) is 11.7. The molecule has 0 aliphatic heterocycles. The summed E-state index contributed by atoms with van der Waals surface area (Å²) in [6.45, 7) is 7.07. The van der Waals surface area contributed by atoms with Crippen molar-refractivity contribution in [3.63, 3.8) is 0 Å². The molecule has 1 aromatic heterocycles. The molecule has 2 aromatic rings. The van der Waals surface area contributed by atoms with Crippen LogP contribution in [0.15, 0.2) is 42.5 Å². The highest BCUT2D eigenvalue weighted by Gasteiger charge is 2.09. The van der Waals surface area contributed by atoms with Gasteiger partial charge in [-0.1, -0.05) is 18.2 Å². The Kier molecular flexibility index (Phi) is 4.41. The summed E-state index contributed by atoms with van der Waals surface area (Å²) < 4.78 is 0. The van der Waals surface area contributed by atoms with Crippen LogP contribution in [0.2, 0.25) is 0 Å². The summed E-state index contributed by atoms with van der Waals surface area (Å²) in [6, 6.07) is 11.8. The molecule has 0 fully saturated rings. The minimum absolute atomic E-state index is 0.156. The maximum Gasteiger partial charge on any atom is 0.317 e. The minimum Gasteiger partial charge on any atom is -0.479 e. The number of hydrogen-bond donors (Lipinski definition) is 1. The first-order valence-electron chi connectivity index (χ1n) is 6.21. The second-order valence-electron chi connectivity index (χ2n) is 4.58. The van der Waals surface area contributed by atoms with Gasteiger partial charge in [0.1, 0.15) is 0 Å². The second-order valence-corrected chi connectivity index (χ2v) is 5.67.